The highest BCUT2D eigenvalue weighted by Crippen LogP contribution is 2.28. The van der Waals surface area contributed by atoms with Gasteiger partial charge in [0.15, 0.2) is 5.13 Å². The van der Waals surface area contributed by atoms with Gasteiger partial charge in [0.05, 0.1) is 19.3 Å². The molecule has 2 amide bonds. The van der Waals surface area contributed by atoms with Gasteiger partial charge in [0.25, 0.3) is 0 Å². The number of likely N-dealkylation sites (N-methyl/N-ethyl adjacent to an activating group) is 1. The van der Waals surface area contributed by atoms with E-state index < -0.39 is 6.09 Å². The smallest absolute Gasteiger partial charge is 0.413 e. The number of nitrogens with one attached hydrogen (secondary N) is 1. The van der Waals surface area contributed by atoms with Gasteiger partial charge in [0.2, 0.25) is 5.91 Å². The number of aromatic nitrogens is 1. The largest absolute Gasteiger partial charge is 0.453 e. The summed E-state index contributed by atoms with van der Waals surface area (Å²) in [5.74, 6) is 0.158. The molecule has 0 saturated heterocycles. The van der Waals surface area contributed by atoms with Gasteiger partial charge in [-0.25, -0.2) is 9.78 Å². The first-order valence-electron chi connectivity index (χ1n) is 7.41. The van der Waals surface area contributed by atoms with E-state index in [4.69, 9.17) is 0 Å². The second-order valence-electron chi connectivity index (χ2n) is 5.03. The van der Waals surface area contributed by atoms with Crippen LogP contribution in [-0.4, -0.2) is 60.1 Å². The van der Waals surface area contributed by atoms with Gasteiger partial charge in [0.1, 0.15) is 0 Å². The molecular weight excluding hydrogens is 304 g/mol. The normalized spacial score (nSPS) is 14.3. The molecule has 0 fully saturated rings. The number of carbonyl (C=O) groups is 2. The maximum atomic E-state index is 12.2. The van der Waals surface area contributed by atoms with E-state index in [0.29, 0.717) is 18.2 Å². The van der Waals surface area contributed by atoms with Crippen LogP contribution >= 0.6 is 11.3 Å². The predicted octanol–water partition coefficient (Wildman–Crippen LogP) is 1.55. The third-order valence-corrected chi connectivity index (χ3v) is 4.68. The van der Waals surface area contributed by atoms with Crippen molar-refractivity contribution in [3.63, 3.8) is 0 Å². The first-order chi connectivity index (χ1) is 10.6. The van der Waals surface area contributed by atoms with Crippen LogP contribution in [0.15, 0.2) is 0 Å². The SMILES string of the molecule is CCN(CC)C(=O)CN1CCc2nc(NC(=O)OC)sc2C1. The maximum Gasteiger partial charge on any atom is 0.413 e. The van der Waals surface area contributed by atoms with E-state index in [1.807, 2.05) is 18.7 Å². The van der Waals surface area contributed by atoms with Crippen LogP contribution in [0.2, 0.25) is 0 Å². The quantitative estimate of drug-likeness (QED) is 0.888. The second-order valence-corrected chi connectivity index (χ2v) is 6.12. The van der Waals surface area contributed by atoms with Crippen LogP contribution in [0.25, 0.3) is 0 Å². The van der Waals surface area contributed by atoms with E-state index in [9.17, 15) is 9.59 Å². The number of rotatable bonds is 5. The van der Waals surface area contributed by atoms with Crippen LogP contribution in [-0.2, 0) is 22.5 Å². The summed E-state index contributed by atoms with van der Waals surface area (Å²) in [4.78, 5) is 32.9. The van der Waals surface area contributed by atoms with Crippen LogP contribution in [0, 0.1) is 0 Å². The standard InChI is InChI=1S/C14H22N4O3S/c1-4-18(5-2)12(19)9-17-7-6-10-11(8-17)22-13(15-10)16-14(20)21-3/h4-9H2,1-3H3,(H,15,16,20). The fourth-order valence-corrected chi connectivity index (χ4v) is 3.48. The van der Waals surface area contributed by atoms with Crippen LogP contribution < -0.4 is 5.32 Å². The highest BCUT2D eigenvalue weighted by atomic mass is 32.1. The van der Waals surface area contributed by atoms with Crippen LogP contribution in [0.4, 0.5) is 9.93 Å². The molecule has 0 atom stereocenters. The zero-order valence-corrected chi connectivity index (χ0v) is 14.0. The van der Waals surface area contributed by atoms with Crippen molar-refractivity contribution < 1.29 is 14.3 Å². The fraction of sp³-hybridized carbons (Fsp3) is 0.643. The lowest BCUT2D eigenvalue weighted by atomic mass is 10.2. The molecule has 0 radical (unpaired) electrons. The molecule has 1 aromatic rings. The van der Waals surface area contributed by atoms with Gasteiger partial charge in [-0.15, -0.1) is 0 Å². The Labute approximate surface area is 134 Å². The van der Waals surface area contributed by atoms with Gasteiger partial charge in [-0.2, -0.15) is 0 Å². The molecule has 0 aromatic carbocycles. The average molecular weight is 326 g/mol. The Morgan fingerprint density at radius 2 is 2.14 bits per heavy atom. The minimum Gasteiger partial charge on any atom is -0.453 e. The van der Waals surface area contributed by atoms with Crippen LogP contribution in [0.1, 0.15) is 24.4 Å². The summed E-state index contributed by atoms with van der Waals surface area (Å²) >= 11 is 1.44. The summed E-state index contributed by atoms with van der Waals surface area (Å²) in [6.45, 7) is 7.39. The van der Waals surface area contributed by atoms with Crippen molar-refractivity contribution in [3.05, 3.63) is 10.6 Å². The summed E-state index contributed by atoms with van der Waals surface area (Å²) in [6.07, 6.45) is 0.278. The van der Waals surface area contributed by atoms with Crippen LogP contribution in [0.5, 0.6) is 0 Å². The van der Waals surface area contributed by atoms with Crippen molar-refractivity contribution in [2.75, 3.05) is 38.6 Å². The fourth-order valence-electron chi connectivity index (χ4n) is 2.44. The molecule has 0 bridgehead atoms. The molecule has 1 aliphatic rings. The summed E-state index contributed by atoms with van der Waals surface area (Å²) in [5.41, 5.74) is 1.00. The molecule has 8 heteroatoms. The highest BCUT2D eigenvalue weighted by Gasteiger charge is 2.24. The highest BCUT2D eigenvalue weighted by molar-refractivity contribution is 7.15. The van der Waals surface area contributed by atoms with Gasteiger partial charge in [-0.3, -0.25) is 15.0 Å². The van der Waals surface area contributed by atoms with Crippen molar-refractivity contribution in [1.82, 2.24) is 14.8 Å². The lowest BCUT2D eigenvalue weighted by Crippen LogP contribution is -2.41. The van der Waals surface area contributed by atoms with Gasteiger partial charge < -0.3 is 9.64 Å². The number of carbonyl (C=O) groups excluding carboxylic acids is 2. The Morgan fingerprint density at radius 3 is 2.77 bits per heavy atom. The van der Waals surface area contributed by atoms with Crippen molar-refractivity contribution in [1.29, 1.82) is 0 Å². The van der Waals surface area contributed by atoms with E-state index in [-0.39, 0.29) is 5.91 Å². The predicted molar refractivity (Wildman–Crippen MR) is 85.1 cm³/mol. The Morgan fingerprint density at radius 1 is 1.41 bits per heavy atom. The number of ether oxygens (including phenoxy) is 1. The van der Waals surface area contributed by atoms with E-state index in [2.05, 4.69) is 19.9 Å². The van der Waals surface area contributed by atoms with Gasteiger partial charge in [-0.05, 0) is 13.8 Å². The number of methoxy groups -OCH3 is 1. The van der Waals surface area contributed by atoms with Crippen molar-refractivity contribution in [2.45, 2.75) is 26.8 Å². The summed E-state index contributed by atoms with van der Waals surface area (Å²) in [7, 11) is 1.32. The average Bonchev–Trinajstić information content (AvgIpc) is 2.89. The molecule has 1 N–H and O–H groups in total. The van der Waals surface area contributed by atoms with E-state index in [0.717, 1.165) is 36.6 Å². The summed E-state index contributed by atoms with van der Waals surface area (Å²) < 4.78 is 4.57. The monoisotopic (exact) mass is 326 g/mol. The Hall–Kier alpha value is -1.67. The van der Waals surface area contributed by atoms with Gasteiger partial charge >= 0.3 is 6.09 Å². The molecule has 0 unspecified atom stereocenters. The second kappa shape index (κ2) is 7.55. The molecule has 0 aliphatic carbocycles. The number of hydrogen-bond acceptors (Lipinski definition) is 6. The zero-order chi connectivity index (χ0) is 16.1. The number of nitrogens with zero attached hydrogens (tertiary/aromatic N) is 3. The molecule has 1 aromatic heterocycles. The van der Waals surface area contributed by atoms with Crippen molar-refractivity contribution in [3.8, 4) is 0 Å². The van der Waals surface area contributed by atoms with Crippen molar-refractivity contribution in [2.24, 2.45) is 0 Å². The van der Waals surface area contributed by atoms with Gasteiger partial charge in [0, 0.05) is 37.5 Å². The molecule has 122 valence electrons. The number of fused-ring (bicyclic) bond motifs is 1. The molecular formula is C14H22N4O3S. The molecule has 2 rings (SSSR count). The lowest BCUT2D eigenvalue weighted by Gasteiger charge is -2.28. The number of thiazole rings is 1. The Balaban J connectivity index is 1.96. The third-order valence-electron chi connectivity index (χ3n) is 3.68. The molecule has 0 spiro atoms. The maximum absolute atomic E-state index is 12.2. The zero-order valence-electron chi connectivity index (χ0n) is 13.2. The van der Waals surface area contributed by atoms with E-state index in [1.54, 1.807) is 0 Å². The molecule has 22 heavy (non-hydrogen) atoms. The molecule has 0 saturated carbocycles. The Bertz CT molecular complexity index is 542. The minimum atomic E-state index is -0.514. The van der Waals surface area contributed by atoms with Crippen molar-refractivity contribution >= 4 is 28.5 Å². The summed E-state index contributed by atoms with van der Waals surface area (Å²) in [6, 6.07) is 0. The van der Waals surface area contributed by atoms with E-state index >= 15 is 0 Å². The number of anilines is 1. The van der Waals surface area contributed by atoms with E-state index in [1.165, 1.54) is 18.4 Å². The topological polar surface area (TPSA) is 74.8 Å². The minimum absolute atomic E-state index is 0.158. The van der Waals surface area contributed by atoms with Crippen LogP contribution in [0.3, 0.4) is 0 Å². The molecule has 7 nitrogen and oxygen atoms in total. The first kappa shape index (κ1) is 16.7. The summed E-state index contributed by atoms with van der Waals surface area (Å²) in [5, 5.41) is 3.14. The number of hydrogen-bond donors (Lipinski definition) is 1. The number of amides is 2. The third kappa shape index (κ3) is 3.95. The lowest BCUT2D eigenvalue weighted by molar-refractivity contribution is -0.132. The Kier molecular flexibility index (Phi) is 5.73. The molecule has 1 aliphatic heterocycles. The first-order valence-corrected chi connectivity index (χ1v) is 8.22. The van der Waals surface area contributed by atoms with Gasteiger partial charge in [-0.1, -0.05) is 11.3 Å². The molecule has 2 heterocycles.